The molecule has 0 bridgehead atoms. The van der Waals surface area contributed by atoms with Crippen LogP contribution in [-0.2, 0) is 11.3 Å². The van der Waals surface area contributed by atoms with Gasteiger partial charge in [-0.15, -0.1) is 0 Å². The number of ether oxygens (including phenoxy) is 1. The van der Waals surface area contributed by atoms with Crippen LogP contribution in [0.15, 0.2) is 42.5 Å². The highest BCUT2D eigenvalue weighted by Gasteiger charge is 2.32. The predicted octanol–water partition coefficient (Wildman–Crippen LogP) is 4.96. The van der Waals surface area contributed by atoms with Crippen LogP contribution < -0.4 is 10.1 Å². The quantitative estimate of drug-likeness (QED) is 0.558. The molecule has 2 aromatic carbocycles. The van der Waals surface area contributed by atoms with Gasteiger partial charge in [-0.3, -0.25) is 4.79 Å². The summed E-state index contributed by atoms with van der Waals surface area (Å²) in [5.74, 6) is -1.24. The number of hydrogen-bond donors (Lipinski definition) is 2. The average molecular weight is 504 g/mol. The molecule has 1 aliphatic heterocycles. The van der Waals surface area contributed by atoms with E-state index in [0.29, 0.717) is 18.2 Å². The Balaban J connectivity index is 0.000000840. The Morgan fingerprint density at radius 1 is 1.11 bits per heavy atom. The van der Waals surface area contributed by atoms with Gasteiger partial charge in [-0.2, -0.15) is 0 Å². The summed E-state index contributed by atoms with van der Waals surface area (Å²) in [7, 11) is 2.06. The van der Waals surface area contributed by atoms with Crippen molar-refractivity contribution in [1.29, 1.82) is 0 Å². The van der Waals surface area contributed by atoms with Crippen molar-refractivity contribution in [1.82, 2.24) is 15.1 Å². The monoisotopic (exact) mass is 503 g/mol. The van der Waals surface area contributed by atoms with Crippen LogP contribution in [0.25, 0.3) is 0 Å². The van der Waals surface area contributed by atoms with E-state index >= 15 is 0 Å². The molecular formula is C27H35F2N3O4. The number of carboxylic acids is 1. The molecule has 0 radical (unpaired) electrons. The smallest absolute Gasteiger partial charge is 0.318 e. The van der Waals surface area contributed by atoms with Gasteiger partial charge in [-0.05, 0) is 76.5 Å². The number of benzene rings is 2. The second kappa shape index (κ2) is 12.7. The van der Waals surface area contributed by atoms with Gasteiger partial charge in [0.05, 0.1) is 12.1 Å². The maximum absolute atomic E-state index is 14.5. The van der Waals surface area contributed by atoms with Gasteiger partial charge in [0.2, 0.25) is 0 Å². The number of carboxylic acid groups (broad SMARTS) is 1. The second-order valence-electron chi connectivity index (χ2n) is 9.42. The van der Waals surface area contributed by atoms with Crippen LogP contribution in [0.2, 0.25) is 0 Å². The first kappa shape index (κ1) is 27.4. The number of hydrogen-bond acceptors (Lipinski definition) is 4. The summed E-state index contributed by atoms with van der Waals surface area (Å²) in [6.45, 7) is 4.99. The Kier molecular flexibility index (Phi) is 9.64. The number of aliphatic carboxylic acids is 1. The number of carbonyl (C=O) groups is 2. The van der Waals surface area contributed by atoms with E-state index in [4.69, 9.17) is 14.6 Å². The first-order valence-electron chi connectivity index (χ1n) is 12.3. The molecule has 7 nitrogen and oxygen atoms in total. The third kappa shape index (κ3) is 8.19. The molecule has 36 heavy (non-hydrogen) atoms. The molecule has 2 amide bonds. The fraction of sp³-hybridized carbons (Fsp3) is 0.481. The number of nitrogens with one attached hydrogen (secondary N) is 1. The van der Waals surface area contributed by atoms with Crippen LogP contribution in [-0.4, -0.2) is 59.2 Å². The van der Waals surface area contributed by atoms with Crippen molar-refractivity contribution in [2.75, 3.05) is 20.1 Å². The predicted molar refractivity (Wildman–Crippen MR) is 133 cm³/mol. The highest BCUT2D eigenvalue weighted by Crippen LogP contribution is 2.30. The molecule has 2 aromatic rings. The van der Waals surface area contributed by atoms with E-state index in [2.05, 4.69) is 17.3 Å². The Hall–Kier alpha value is -3.20. The minimum Gasteiger partial charge on any atom is -0.490 e. The number of piperidine rings is 1. The van der Waals surface area contributed by atoms with Gasteiger partial charge in [0.15, 0.2) is 0 Å². The second-order valence-corrected chi connectivity index (χ2v) is 9.42. The lowest BCUT2D eigenvalue weighted by Gasteiger charge is -2.40. The molecule has 2 N–H and O–H groups in total. The lowest BCUT2D eigenvalue weighted by Crippen LogP contribution is -2.51. The minimum absolute atomic E-state index is 0.0139. The molecule has 1 aliphatic carbocycles. The molecule has 2 fully saturated rings. The summed E-state index contributed by atoms with van der Waals surface area (Å²) < 4.78 is 33.7. The summed E-state index contributed by atoms with van der Waals surface area (Å²) in [4.78, 5) is 26.2. The molecule has 1 unspecified atom stereocenters. The fourth-order valence-corrected chi connectivity index (χ4v) is 4.25. The summed E-state index contributed by atoms with van der Waals surface area (Å²) in [5.41, 5.74) is 1.28. The molecule has 4 rings (SSSR count). The molecule has 2 aliphatic rings. The van der Waals surface area contributed by atoms with Crippen molar-refractivity contribution in [3.05, 3.63) is 65.2 Å². The van der Waals surface area contributed by atoms with Gasteiger partial charge in [0.1, 0.15) is 17.4 Å². The SMILES string of the molecule is CC(=O)O.CC(c1ccc(F)cc1F)N(C(=O)NCc1ccc(OC2CC2)cc1)C1CCN(C)CC1. The molecule has 9 heteroatoms. The van der Waals surface area contributed by atoms with Crippen LogP contribution in [0, 0.1) is 11.6 Å². The number of likely N-dealkylation sites (tertiary alicyclic amines) is 1. The zero-order valence-electron chi connectivity index (χ0n) is 21.0. The van der Waals surface area contributed by atoms with Crippen molar-refractivity contribution in [2.45, 2.75) is 64.3 Å². The van der Waals surface area contributed by atoms with E-state index in [0.717, 1.165) is 63.1 Å². The van der Waals surface area contributed by atoms with E-state index in [1.807, 2.05) is 24.3 Å². The lowest BCUT2D eigenvalue weighted by molar-refractivity contribution is -0.134. The Labute approximate surface area is 211 Å². The highest BCUT2D eigenvalue weighted by atomic mass is 19.1. The van der Waals surface area contributed by atoms with E-state index in [-0.39, 0.29) is 12.1 Å². The van der Waals surface area contributed by atoms with E-state index in [1.165, 1.54) is 12.1 Å². The standard InChI is InChI=1S/C25H31F2N3O2.C2H4O2/c1-17(23-10-5-19(26)15-24(23)27)30(20-11-13-29(2)14-12-20)25(31)28-16-18-3-6-21(7-4-18)32-22-8-9-22;1-2(3)4/h3-7,10,15,17,20,22H,8-9,11-14,16H2,1-2H3,(H,28,31);1H3,(H,3,4). The normalized spacial score (nSPS) is 16.9. The number of halogens is 2. The van der Waals surface area contributed by atoms with Crippen LogP contribution >= 0.6 is 0 Å². The highest BCUT2D eigenvalue weighted by molar-refractivity contribution is 5.75. The zero-order chi connectivity index (χ0) is 26.2. The molecule has 1 atom stereocenters. The fourth-order valence-electron chi connectivity index (χ4n) is 4.25. The van der Waals surface area contributed by atoms with Crippen LogP contribution in [0.1, 0.15) is 56.7 Å². The van der Waals surface area contributed by atoms with Crippen molar-refractivity contribution in [3.63, 3.8) is 0 Å². The molecule has 196 valence electrons. The first-order chi connectivity index (χ1) is 17.1. The largest absolute Gasteiger partial charge is 0.490 e. The average Bonchev–Trinajstić information content (AvgIpc) is 3.63. The summed E-state index contributed by atoms with van der Waals surface area (Å²) >= 11 is 0. The van der Waals surface area contributed by atoms with Crippen LogP contribution in [0.4, 0.5) is 13.6 Å². The van der Waals surface area contributed by atoms with Gasteiger partial charge in [-0.1, -0.05) is 18.2 Å². The lowest BCUT2D eigenvalue weighted by atomic mass is 9.98. The molecule has 1 saturated heterocycles. The van der Waals surface area contributed by atoms with E-state index in [9.17, 15) is 13.6 Å². The molecule has 1 heterocycles. The van der Waals surface area contributed by atoms with Crippen LogP contribution in [0.3, 0.4) is 0 Å². The minimum atomic E-state index is -0.833. The number of rotatable bonds is 7. The number of nitrogens with zero attached hydrogens (tertiary/aromatic N) is 2. The molecule has 1 saturated carbocycles. The van der Waals surface area contributed by atoms with Crippen molar-refractivity contribution in [3.8, 4) is 5.75 Å². The Morgan fingerprint density at radius 3 is 2.28 bits per heavy atom. The van der Waals surface area contributed by atoms with Gasteiger partial charge in [0.25, 0.3) is 5.97 Å². The van der Waals surface area contributed by atoms with Gasteiger partial charge in [0, 0.05) is 31.1 Å². The summed E-state index contributed by atoms with van der Waals surface area (Å²) in [6, 6.07) is 10.5. The molecular weight excluding hydrogens is 468 g/mol. The van der Waals surface area contributed by atoms with E-state index in [1.54, 1.807) is 11.8 Å². The van der Waals surface area contributed by atoms with Gasteiger partial charge < -0.3 is 25.0 Å². The molecule has 0 aromatic heterocycles. The summed E-state index contributed by atoms with van der Waals surface area (Å²) in [6.07, 6.45) is 4.18. The first-order valence-corrected chi connectivity index (χ1v) is 12.3. The van der Waals surface area contributed by atoms with Crippen molar-refractivity contribution >= 4 is 12.0 Å². The maximum atomic E-state index is 14.5. The number of urea groups is 1. The zero-order valence-corrected chi connectivity index (χ0v) is 21.0. The number of carbonyl (C=O) groups excluding carboxylic acids is 1. The third-order valence-corrected chi connectivity index (χ3v) is 6.34. The topological polar surface area (TPSA) is 82.1 Å². The van der Waals surface area contributed by atoms with Crippen molar-refractivity contribution < 1.29 is 28.2 Å². The van der Waals surface area contributed by atoms with Gasteiger partial charge in [-0.25, -0.2) is 13.6 Å². The number of amides is 2. The summed E-state index contributed by atoms with van der Waals surface area (Å²) in [5, 5.41) is 10.4. The molecule has 0 spiro atoms. The Morgan fingerprint density at radius 2 is 1.72 bits per heavy atom. The Bertz CT molecular complexity index is 1020. The van der Waals surface area contributed by atoms with Crippen LogP contribution in [0.5, 0.6) is 5.75 Å². The maximum Gasteiger partial charge on any atom is 0.318 e. The third-order valence-electron chi connectivity index (χ3n) is 6.34. The van der Waals surface area contributed by atoms with Crippen molar-refractivity contribution in [2.24, 2.45) is 0 Å². The van der Waals surface area contributed by atoms with E-state index < -0.39 is 23.6 Å². The van der Waals surface area contributed by atoms with Gasteiger partial charge >= 0.3 is 6.03 Å².